The summed E-state index contributed by atoms with van der Waals surface area (Å²) in [4.78, 5) is 0.273. The van der Waals surface area contributed by atoms with E-state index in [4.69, 9.17) is 0 Å². The second-order valence-corrected chi connectivity index (χ2v) is 12.7. The van der Waals surface area contributed by atoms with E-state index in [1.807, 2.05) is 30.3 Å². The summed E-state index contributed by atoms with van der Waals surface area (Å²) in [5.74, 6) is 0.443. The van der Waals surface area contributed by atoms with Gasteiger partial charge >= 0.3 is 0 Å². The van der Waals surface area contributed by atoms with Gasteiger partial charge in [0.05, 0.1) is 10.1 Å². The smallest absolute Gasteiger partial charge is 0.216 e. The fraction of sp³-hybridized carbons (Fsp3) is 0.455. The highest BCUT2D eigenvalue weighted by Crippen LogP contribution is 2.30. The van der Waals surface area contributed by atoms with Crippen molar-refractivity contribution in [2.24, 2.45) is 5.92 Å². The Labute approximate surface area is 174 Å². The zero-order chi connectivity index (χ0) is 21.2. The van der Waals surface area contributed by atoms with Gasteiger partial charge in [0, 0.05) is 19.3 Å². The molecule has 0 amide bonds. The number of sulfonamides is 1. The van der Waals surface area contributed by atoms with Crippen LogP contribution in [0.2, 0.25) is 0 Å². The van der Waals surface area contributed by atoms with Gasteiger partial charge < -0.3 is 0 Å². The van der Waals surface area contributed by atoms with E-state index in [1.54, 1.807) is 36.4 Å². The number of benzene rings is 2. The minimum Gasteiger partial charge on any atom is -0.224 e. The van der Waals surface area contributed by atoms with Crippen LogP contribution in [0, 0.1) is 5.92 Å². The van der Waals surface area contributed by atoms with Crippen LogP contribution in [0.15, 0.2) is 53.4 Å². The van der Waals surface area contributed by atoms with Crippen LogP contribution in [-0.4, -0.2) is 39.2 Å². The first-order chi connectivity index (χ1) is 13.6. The summed E-state index contributed by atoms with van der Waals surface area (Å²) < 4.78 is 51.1. The second-order valence-electron chi connectivity index (χ2n) is 8.18. The molecular weight excluding hydrogens is 406 g/mol. The molecule has 1 aliphatic carbocycles. The van der Waals surface area contributed by atoms with E-state index in [0.29, 0.717) is 19.0 Å². The summed E-state index contributed by atoms with van der Waals surface area (Å²) >= 11 is 0. The highest BCUT2D eigenvalue weighted by atomic mass is 32.2. The first-order valence-electron chi connectivity index (χ1n) is 9.96. The number of rotatable bonds is 8. The Morgan fingerprint density at radius 2 is 1.59 bits per heavy atom. The third-order valence-corrected chi connectivity index (χ3v) is 8.82. The standard InChI is InChI=1S/C22H29NO4S2/c1-17(2)29(26,27)23(15-18-7-4-8-18)16-19-9-5-10-20(13-19)21-11-6-12-22(14-21)28(3,24)25/h5-6,9-14,17-18H,4,7-8,15-16H2,1-3H3. The predicted octanol–water partition coefficient (Wildman–Crippen LogP) is 4.10. The molecule has 0 bridgehead atoms. The van der Waals surface area contributed by atoms with E-state index in [0.717, 1.165) is 29.5 Å². The van der Waals surface area contributed by atoms with Gasteiger partial charge in [-0.05, 0) is 67.5 Å². The van der Waals surface area contributed by atoms with Crippen LogP contribution in [0.25, 0.3) is 11.1 Å². The number of hydrogen-bond acceptors (Lipinski definition) is 4. The van der Waals surface area contributed by atoms with Crippen LogP contribution in [0.1, 0.15) is 38.7 Å². The molecule has 0 aliphatic heterocycles. The SMILES string of the molecule is CC(C)S(=O)(=O)N(Cc1cccc(-c2cccc(S(C)(=O)=O)c2)c1)CC1CCC1. The fourth-order valence-corrected chi connectivity index (χ4v) is 5.49. The minimum absolute atomic E-state index is 0.273. The van der Waals surface area contributed by atoms with Crippen molar-refractivity contribution < 1.29 is 16.8 Å². The van der Waals surface area contributed by atoms with E-state index < -0.39 is 25.1 Å². The molecule has 29 heavy (non-hydrogen) atoms. The first kappa shape index (κ1) is 22.0. The highest BCUT2D eigenvalue weighted by molar-refractivity contribution is 7.90. The average Bonchev–Trinajstić information content (AvgIpc) is 2.63. The molecule has 1 saturated carbocycles. The van der Waals surface area contributed by atoms with Crippen molar-refractivity contribution in [3.63, 3.8) is 0 Å². The van der Waals surface area contributed by atoms with Gasteiger partial charge in [0.15, 0.2) is 9.84 Å². The maximum absolute atomic E-state index is 12.9. The largest absolute Gasteiger partial charge is 0.224 e. The molecule has 0 unspecified atom stereocenters. The Kier molecular flexibility index (Phi) is 6.51. The first-order valence-corrected chi connectivity index (χ1v) is 13.4. The van der Waals surface area contributed by atoms with Crippen molar-refractivity contribution in [1.82, 2.24) is 4.31 Å². The van der Waals surface area contributed by atoms with Gasteiger partial charge in [0.1, 0.15) is 0 Å². The third kappa shape index (κ3) is 5.27. The third-order valence-electron chi connectivity index (χ3n) is 5.52. The van der Waals surface area contributed by atoms with E-state index >= 15 is 0 Å². The topological polar surface area (TPSA) is 71.5 Å². The van der Waals surface area contributed by atoms with Crippen LogP contribution in [0.4, 0.5) is 0 Å². The summed E-state index contributed by atoms with van der Waals surface area (Å²) in [5.41, 5.74) is 2.57. The molecule has 0 saturated heterocycles. The van der Waals surface area contributed by atoms with Crippen molar-refractivity contribution >= 4 is 19.9 Å². The molecule has 0 spiro atoms. The van der Waals surface area contributed by atoms with E-state index in [-0.39, 0.29) is 4.90 Å². The molecule has 1 aliphatic rings. The molecule has 0 atom stereocenters. The Hall–Kier alpha value is -1.70. The van der Waals surface area contributed by atoms with Gasteiger partial charge in [-0.25, -0.2) is 16.8 Å². The van der Waals surface area contributed by atoms with Crippen molar-refractivity contribution in [3.05, 3.63) is 54.1 Å². The van der Waals surface area contributed by atoms with Crippen LogP contribution in [-0.2, 0) is 26.4 Å². The summed E-state index contributed by atoms with van der Waals surface area (Å²) in [6, 6.07) is 14.5. The molecular formula is C22H29NO4S2. The number of nitrogens with zero attached hydrogens (tertiary/aromatic N) is 1. The lowest BCUT2D eigenvalue weighted by molar-refractivity contribution is 0.241. The quantitative estimate of drug-likeness (QED) is 0.626. The average molecular weight is 436 g/mol. The van der Waals surface area contributed by atoms with E-state index in [2.05, 4.69) is 0 Å². The minimum atomic E-state index is -3.36. The van der Waals surface area contributed by atoms with Crippen molar-refractivity contribution in [2.75, 3.05) is 12.8 Å². The van der Waals surface area contributed by atoms with Gasteiger partial charge in [-0.15, -0.1) is 0 Å². The Balaban J connectivity index is 1.89. The number of sulfone groups is 1. The van der Waals surface area contributed by atoms with Gasteiger partial charge in [-0.3, -0.25) is 0 Å². The van der Waals surface area contributed by atoms with Gasteiger partial charge in [-0.2, -0.15) is 4.31 Å². The lowest BCUT2D eigenvalue weighted by Crippen LogP contribution is -2.40. The van der Waals surface area contributed by atoms with E-state index in [1.165, 1.54) is 12.7 Å². The molecule has 0 radical (unpaired) electrons. The van der Waals surface area contributed by atoms with Crippen LogP contribution in [0.3, 0.4) is 0 Å². The molecule has 2 aromatic rings. The maximum atomic E-state index is 12.9. The maximum Gasteiger partial charge on any atom is 0.216 e. The Morgan fingerprint density at radius 3 is 2.14 bits per heavy atom. The molecule has 5 nitrogen and oxygen atoms in total. The summed E-state index contributed by atoms with van der Waals surface area (Å²) in [6.07, 6.45) is 4.54. The van der Waals surface area contributed by atoms with Crippen molar-refractivity contribution in [2.45, 2.75) is 49.8 Å². The molecule has 0 aromatic heterocycles. The summed E-state index contributed by atoms with van der Waals surface area (Å²) in [7, 11) is -6.65. The Bertz CT molecular complexity index is 1070. The summed E-state index contributed by atoms with van der Waals surface area (Å²) in [5, 5.41) is -0.461. The highest BCUT2D eigenvalue weighted by Gasteiger charge is 2.30. The molecule has 1 fully saturated rings. The van der Waals surface area contributed by atoms with E-state index in [9.17, 15) is 16.8 Å². The molecule has 158 valence electrons. The second kappa shape index (κ2) is 8.58. The lowest BCUT2D eigenvalue weighted by Gasteiger charge is -2.33. The van der Waals surface area contributed by atoms with Crippen molar-refractivity contribution in [3.8, 4) is 11.1 Å². The summed E-state index contributed by atoms with van der Waals surface area (Å²) in [6.45, 7) is 4.33. The molecule has 7 heteroatoms. The zero-order valence-electron chi connectivity index (χ0n) is 17.2. The predicted molar refractivity (Wildman–Crippen MR) is 117 cm³/mol. The van der Waals surface area contributed by atoms with Crippen LogP contribution in [0.5, 0.6) is 0 Å². The van der Waals surface area contributed by atoms with Gasteiger partial charge in [-0.1, -0.05) is 36.8 Å². The Morgan fingerprint density at radius 1 is 0.966 bits per heavy atom. The number of hydrogen-bond donors (Lipinski definition) is 0. The normalized spacial score (nSPS) is 15.6. The monoisotopic (exact) mass is 435 g/mol. The fourth-order valence-electron chi connectivity index (χ4n) is 3.48. The molecule has 0 N–H and O–H groups in total. The van der Waals surface area contributed by atoms with Gasteiger partial charge in [0.2, 0.25) is 10.0 Å². The lowest BCUT2D eigenvalue weighted by atomic mass is 9.85. The molecule has 3 rings (SSSR count). The zero-order valence-corrected chi connectivity index (χ0v) is 18.8. The van der Waals surface area contributed by atoms with Gasteiger partial charge in [0.25, 0.3) is 0 Å². The van der Waals surface area contributed by atoms with Crippen molar-refractivity contribution in [1.29, 1.82) is 0 Å². The van der Waals surface area contributed by atoms with Crippen LogP contribution < -0.4 is 0 Å². The van der Waals surface area contributed by atoms with Crippen LogP contribution >= 0.6 is 0 Å². The molecule has 0 heterocycles. The molecule has 2 aromatic carbocycles.